The first-order valence-electron chi connectivity index (χ1n) is 4.31. The molecule has 0 atom stereocenters. The van der Waals surface area contributed by atoms with Crippen LogP contribution in [0.2, 0.25) is 0 Å². The van der Waals surface area contributed by atoms with Gasteiger partial charge in [0.25, 0.3) is 0 Å². The van der Waals surface area contributed by atoms with Gasteiger partial charge in [-0.2, -0.15) is 13.5 Å². The first-order valence-corrected chi connectivity index (χ1v) is 4.31. The number of piperazine rings is 1. The van der Waals surface area contributed by atoms with Crippen molar-refractivity contribution in [2.45, 2.75) is 13.8 Å². The van der Waals surface area contributed by atoms with Gasteiger partial charge in [-0.05, 0) is 13.1 Å². The maximum absolute atomic E-state index is 2.51. The van der Waals surface area contributed by atoms with Crippen molar-refractivity contribution in [1.82, 2.24) is 9.80 Å². The Morgan fingerprint density at radius 3 is 1.27 bits per heavy atom. The molecule has 1 heterocycles. The molecule has 1 aliphatic heterocycles. The quantitative estimate of drug-likeness (QED) is 0.613. The fourth-order valence-electron chi connectivity index (χ4n) is 1.42. The van der Waals surface area contributed by atoms with Crippen LogP contribution in [0, 0.1) is 0 Å². The van der Waals surface area contributed by atoms with Gasteiger partial charge in [0.2, 0.25) is 0 Å². The van der Waals surface area contributed by atoms with Crippen molar-refractivity contribution >= 4 is 13.5 Å². The van der Waals surface area contributed by atoms with Gasteiger partial charge in [-0.15, -0.1) is 0 Å². The van der Waals surface area contributed by atoms with Gasteiger partial charge in [0.1, 0.15) is 0 Å². The molecule has 1 fully saturated rings. The van der Waals surface area contributed by atoms with Crippen molar-refractivity contribution in [2.75, 3.05) is 39.3 Å². The van der Waals surface area contributed by atoms with E-state index in [1.54, 1.807) is 0 Å². The number of likely N-dealkylation sites (N-methyl/N-ethyl adjacent to an activating group) is 2. The van der Waals surface area contributed by atoms with Crippen molar-refractivity contribution in [1.29, 1.82) is 0 Å². The summed E-state index contributed by atoms with van der Waals surface area (Å²) in [5.74, 6) is 0. The number of hydrogen-bond donors (Lipinski definition) is 0. The fourth-order valence-corrected chi connectivity index (χ4v) is 1.42. The zero-order chi connectivity index (χ0) is 7.40. The molecule has 1 saturated heterocycles. The predicted octanol–water partition coefficient (Wildman–Crippen LogP) is 0.757. The number of nitrogens with zero attached hydrogens (tertiary/aromatic N) is 2. The molecule has 0 spiro atoms. The molecule has 0 aromatic rings. The standard InChI is InChI=1S/C8H18N2.H2S/c1-3-9-5-7-10(4-2)8-6-9;/h3-8H2,1-2H3;1H2. The van der Waals surface area contributed by atoms with Gasteiger partial charge in [-0.25, -0.2) is 0 Å². The Bertz CT molecular complexity index is 78.1. The highest BCUT2D eigenvalue weighted by Gasteiger charge is 2.12. The van der Waals surface area contributed by atoms with E-state index in [4.69, 9.17) is 0 Å². The summed E-state index contributed by atoms with van der Waals surface area (Å²) in [7, 11) is 0. The highest BCUT2D eigenvalue weighted by Crippen LogP contribution is 1.99. The minimum atomic E-state index is 0. The Balaban J connectivity index is 0.000001000. The van der Waals surface area contributed by atoms with Gasteiger partial charge < -0.3 is 9.80 Å². The van der Waals surface area contributed by atoms with Crippen LogP contribution in [0.5, 0.6) is 0 Å². The molecule has 11 heavy (non-hydrogen) atoms. The molecule has 0 aromatic carbocycles. The maximum Gasteiger partial charge on any atom is 0.0110 e. The van der Waals surface area contributed by atoms with Crippen LogP contribution < -0.4 is 0 Å². The summed E-state index contributed by atoms with van der Waals surface area (Å²) in [6, 6.07) is 0. The zero-order valence-corrected chi connectivity index (χ0v) is 8.64. The first kappa shape index (κ1) is 11.3. The van der Waals surface area contributed by atoms with Crippen LogP contribution in [-0.2, 0) is 0 Å². The molecule has 1 aliphatic rings. The van der Waals surface area contributed by atoms with Gasteiger partial charge in [-0.3, -0.25) is 0 Å². The Hall–Kier alpha value is 0.270. The van der Waals surface area contributed by atoms with E-state index in [1.165, 1.54) is 39.3 Å². The third kappa shape index (κ3) is 3.45. The Labute approximate surface area is 77.0 Å². The van der Waals surface area contributed by atoms with E-state index in [0.29, 0.717) is 0 Å². The smallest absolute Gasteiger partial charge is 0.0110 e. The molecule has 0 amide bonds. The summed E-state index contributed by atoms with van der Waals surface area (Å²) in [6.07, 6.45) is 0. The van der Waals surface area contributed by atoms with Crippen molar-refractivity contribution < 1.29 is 0 Å². The predicted molar refractivity (Wildman–Crippen MR) is 54.6 cm³/mol. The second kappa shape index (κ2) is 5.86. The van der Waals surface area contributed by atoms with Crippen LogP contribution in [-0.4, -0.2) is 49.1 Å². The van der Waals surface area contributed by atoms with Gasteiger partial charge in [0.15, 0.2) is 0 Å². The maximum atomic E-state index is 2.51. The molecular weight excluding hydrogens is 156 g/mol. The highest BCUT2D eigenvalue weighted by molar-refractivity contribution is 7.59. The SMILES string of the molecule is CCN1CCN(CC)CC1.S. The van der Waals surface area contributed by atoms with Crippen LogP contribution >= 0.6 is 13.5 Å². The molecule has 3 heteroatoms. The normalized spacial score (nSPS) is 21.3. The average molecular weight is 176 g/mol. The summed E-state index contributed by atoms with van der Waals surface area (Å²) >= 11 is 0. The third-order valence-electron chi connectivity index (χ3n) is 2.36. The van der Waals surface area contributed by atoms with Gasteiger partial charge in [-0.1, -0.05) is 13.8 Å². The van der Waals surface area contributed by atoms with E-state index in [-0.39, 0.29) is 13.5 Å². The summed E-state index contributed by atoms with van der Waals surface area (Å²) in [6.45, 7) is 12.0. The Morgan fingerprint density at radius 1 is 0.818 bits per heavy atom. The Kier molecular flexibility index (Phi) is 6.01. The van der Waals surface area contributed by atoms with Crippen LogP contribution in [0.1, 0.15) is 13.8 Å². The average Bonchev–Trinajstić information content (AvgIpc) is 2.05. The van der Waals surface area contributed by atoms with Crippen LogP contribution in [0.4, 0.5) is 0 Å². The van der Waals surface area contributed by atoms with Crippen molar-refractivity contribution in [2.24, 2.45) is 0 Å². The summed E-state index contributed by atoms with van der Waals surface area (Å²) < 4.78 is 0. The summed E-state index contributed by atoms with van der Waals surface area (Å²) in [4.78, 5) is 5.01. The molecular formula is C8H20N2S. The van der Waals surface area contributed by atoms with Gasteiger partial charge in [0.05, 0.1) is 0 Å². The van der Waals surface area contributed by atoms with Gasteiger partial charge >= 0.3 is 0 Å². The van der Waals surface area contributed by atoms with Crippen molar-refractivity contribution in [3.8, 4) is 0 Å². The lowest BCUT2D eigenvalue weighted by atomic mass is 10.3. The molecule has 68 valence electrons. The highest BCUT2D eigenvalue weighted by atomic mass is 32.1. The lowest BCUT2D eigenvalue weighted by molar-refractivity contribution is 0.142. The molecule has 0 N–H and O–H groups in total. The summed E-state index contributed by atoms with van der Waals surface area (Å²) in [5.41, 5.74) is 0. The largest absolute Gasteiger partial charge is 0.301 e. The molecule has 0 aliphatic carbocycles. The molecule has 0 bridgehead atoms. The van der Waals surface area contributed by atoms with Crippen LogP contribution in [0.15, 0.2) is 0 Å². The van der Waals surface area contributed by atoms with Gasteiger partial charge in [0, 0.05) is 26.2 Å². The molecule has 0 unspecified atom stereocenters. The van der Waals surface area contributed by atoms with Crippen molar-refractivity contribution in [3.63, 3.8) is 0 Å². The minimum Gasteiger partial charge on any atom is -0.301 e. The molecule has 0 radical (unpaired) electrons. The molecule has 0 saturated carbocycles. The van der Waals surface area contributed by atoms with Crippen molar-refractivity contribution in [3.05, 3.63) is 0 Å². The monoisotopic (exact) mass is 176 g/mol. The zero-order valence-electron chi connectivity index (χ0n) is 7.64. The lowest BCUT2D eigenvalue weighted by Crippen LogP contribution is -2.45. The van der Waals surface area contributed by atoms with E-state index < -0.39 is 0 Å². The van der Waals surface area contributed by atoms with E-state index in [0.717, 1.165) is 0 Å². The fraction of sp³-hybridized carbons (Fsp3) is 1.00. The lowest BCUT2D eigenvalue weighted by Gasteiger charge is -2.33. The van der Waals surface area contributed by atoms with Crippen LogP contribution in [0.25, 0.3) is 0 Å². The van der Waals surface area contributed by atoms with E-state index >= 15 is 0 Å². The van der Waals surface area contributed by atoms with E-state index in [1.807, 2.05) is 0 Å². The molecule has 0 aromatic heterocycles. The third-order valence-corrected chi connectivity index (χ3v) is 2.36. The summed E-state index contributed by atoms with van der Waals surface area (Å²) in [5, 5.41) is 0. The molecule has 2 nitrogen and oxygen atoms in total. The topological polar surface area (TPSA) is 6.48 Å². The first-order chi connectivity index (χ1) is 4.86. The van der Waals surface area contributed by atoms with E-state index in [2.05, 4.69) is 23.6 Å². The van der Waals surface area contributed by atoms with Crippen LogP contribution in [0.3, 0.4) is 0 Å². The minimum absolute atomic E-state index is 0. The Morgan fingerprint density at radius 2 is 1.09 bits per heavy atom. The number of hydrogen-bond acceptors (Lipinski definition) is 2. The number of rotatable bonds is 2. The molecule has 1 rings (SSSR count). The second-order valence-corrected chi connectivity index (χ2v) is 2.87. The van der Waals surface area contributed by atoms with E-state index in [9.17, 15) is 0 Å². The second-order valence-electron chi connectivity index (χ2n) is 2.87.